The Bertz CT molecular complexity index is 2650. The van der Waals surface area contributed by atoms with E-state index in [-0.39, 0.29) is 0 Å². The lowest BCUT2D eigenvalue weighted by atomic mass is 9.94. The van der Waals surface area contributed by atoms with Gasteiger partial charge in [0.15, 0.2) is 0 Å². The summed E-state index contributed by atoms with van der Waals surface area (Å²) < 4.78 is 5.60. The van der Waals surface area contributed by atoms with Gasteiger partial charge in [-0.2, -0.15) is 0 Å². The summed E-state index contributed by atoms with van der Waals surface area (Å²) in [5.41, 5.74) is 7.64. The third-order valence-corrected chi connectivity index (χ3v) is 12.4. The summed E-state index contributed by atoms with van der Waals surface area (Å²) in [5.74, 6) is 0. The zero-order valence-corrected chi connectivity index (χ0v) is 27.2. The Kier molecular flexibility index (Phi) is 5.55. The minimum absolute atomic E-state index is 1.26. The molecule has 0 N–H and O–H groups in total. The van der Waals surface area contributed by atoms with Gasteiger partial charge >= 0.3 is 0 Å². The average Bonchev–Trinajstić information content (AvgIpc) is 3.66. The van der Waals surface area contributed by atoms with E-state index in [0.717, 1.165) is 0 Å². The Balaban J connectivity index is 1.36. The Morgan fingerprint density at radius 2 is 0.652 bits per heavy atom. The SMILES string of the molecule is Cc1ccc(-c2ccc3c4ccccc4c4c(sc5c4sc4c6cc(-c7ccc(C)cc7)ccc6c6ccccc6c45)c3c2)cc1. The van der Waals surface area contributed by atoms with E-state index < -0.39 is 0 Å². The summed E-state index contributed by atoms with van der Waals surface area (Å²) in [5, 5.41) is 13.5. The molecule has 0 aliphatic rings. The molecule has 0 aliphatic heterocycles. The molecular weight excluding hydrogens is 593 g/mol. The number of hydrogen-bond acceptors (Lipinski definition) is 2. The van der Waals surface area contributed by atoms with Crippen LogP contribution in [-0.2, 0) is 0 Å². The monoisotopic (exact) mass is 620 g/mol. The van der Waals surface area contributed by atoms with E-state index in [9.17, 15) is 0 Å². The number of hydrogen-bond donors (Lipinski definition) is 0. The first-order valence-electron chi connectivity index (χ1n) is 15.8. The van der Waals surface area contributed by atoms with Crippen molar-refractivity contribution in [3.63, 3.8) is 0 Å². The van der Waals surface area contributed by atoms with Gasteiger partial charge in [0.1, 0.15) is 0 Å². The molecule has 0 fully saturated rings. The zero-order chi connectivity index (χ0) is 30.5. The maximum atomic E-state index is 2.43. The molecule has 2 aromatic heterocycles. The average molecular weight is 621 g/mol. The molecule has 0 unspecified atom stereocenters. The highest BCUT2D eigenvalue weighted by molar-refractivity contribution is 7.37. The topological polar surface area (TPSA) is 0 Å². The van der Waals surface area contributed by atoms with Crippen LogP contribution in [0.2, 0.25) is 0 Å². The van der Waals surface area contributed by atoms with E-state index in [4.69, 9.17) is 0 Å². The molecule has 0 atom stereocenters. The van der Waals surface area contributed by atoms with Gasteiger partial charge in [-0.15, -0.1) is 22.7 Å². The van der Waals surface area contributed by atoms with E-state index in [1.54, 1.807) is 0 Å². The largest absolute Gasteiger partial charge is 0.133 e. The van der Waals surface area contributed by atoms with Gasteiger partial charge in [-0.05, 0) is 80.6 Å². The van der Waals surface area contributed by atoms with Gasteiger partial charge in [-0.3, -0.25) is 0 Å². The number of thiophene rings is 2. The van der Waals surface area contributed by atoms with Crippen molar-refractivity contribution in [2.24, 2.45) is 0 Å². The number of fused-ring (bicyclic) bond motifs is 15. The molecule has 0 amide bonds. The lowest BCUT2D eigenvalue weighted by Gasteiger charge is -2.11. The highest BCUT2D eigenvalue weighted by Gasteiger charge is 2.21. The molecule has 0 radical (unpaired) electrons. The van der Waals surface area contributed by atoms with Crippen molar-refractivity contribution in [1.82, 2.24) is 0 Å². The van der Waals surface area contributed by atoms with E-state index in [1.807, 2.05) is 22.7 Å². The quantitative estimate of drug-likeness (QED) is 0.169. The maximum absolute atomic E-state index is 2.43. The van der Waals surface area contributed by atoms with E-state index >= 15 is 0 Å². The van der Waals surface area contributed by atoms with E-state index in [2.05, 4.69) is 147 Å². The van der Waals surface area contributed by atoms with Gasteiger partial charge in [0, 0.05) is 30.9 Å². The van der Waals surface area contributed by atoms with Gasteiger partial charge in [-0.1, -0.05) is 132 Å². The van der Waals surface area contributed by atoms with Crippen molar-refractivity contribution >= 4 is 95.3 Å². The van der Waals surface area contributed by atoms with Crippen molar-refractivity contribution in [2.75, 3.05) is 0 Å². The fourth-order valence-corrected chi connectivity index (χ4v) is 10.5. The minimum atomic E-state index is 1.26. The van der Waals surface area contributed by atoms with E-state index in [1.165, 1.54) is 106 Å². The predicted molar refractivity (Wildman–Crippen MR) is 205 cm³/mol. The molecule has 0 saturated carbocycles. The first-order valence-corrected chi connectivity index (χ1v) is 17.5. The van der Waals surface area contributed by atoms with Crippen molar-refractivity contribution in [3.8, 4) is 22.3 Å². The molecule has 0 nitrogen and oxygen atoms in total. The Morgan fingerprint density at radius 3 is 1.07 bits per heavy atom. The van der Waals surface area contributed by atoms with Crippen LogP contribution < -0.4 is 0 Å². The van der Waals surface area contributed by atoms with Crippen molar-refractivity contribution < 1.29 is 0 Å². The fourth-order valence-electron chi connectivity index (χ4n) is 7.46. The van der Waals surface area contributed by atoms with Crippen LogP contribution in [0.15, 0.2) is 133 Å². The van der Waals surface area contributed by atoms with Crippen LogP contribution in [0.3, 0.4) is 0 Å². The molecule has 2 heterocycles. The molecule has 2 heteroatoms. The Hall–Kier alpha value is -5.02. The van der Waals surface area contributed by atoms with Crippen LogP contribution in [0.1, 0.15) is 11.1 Å². The van der Waals surface area contributed by atoms with Gasteiger partial charge in [-0.25, -0.2) is 0 Å². The number of benzene rings is 8. The Labute approximate surface area is 274 Å². The molecular formula is C44H28S2. The van der Waals surface area contributed by atoms with Crippen LogP contribution in [0, 0.1) is 13.8 Å². The minimum Gasteiger partial charge on any atom is -0.133 e. The van der Waals surface area contributed by atoms with E-state index in [0.29, 0.717) is 0 Å². The lowest BCUT2D eigenvalue weighted by Crippen LogP contribution is -1.83. The summed E-state index contributed by atoms with van der Waals surface area (Å²) in [7, 11) is 0. The van der Waals surface area contributed by atoms with Gasteiger partial charge in [0.25, 0.3) is 0 Å². The number of aryl methyl sites for hydroxylation is 2. The van der Waals surface area contributed by atoms with Crippen LogP contribution in [0.25, 0.3) is 94.9 Å². The third kappa shape index (κ3) is 3.72. The highest BCUT2D eigenvalue weighted by atomic mass is 32.1. The summed E-state index contributed by atoms with van der Waals surface area (Å²) >= 11 is 3.97. The number of rotatable bonds is 2. The second-order valence-corrected chi connectivity index (χ2v) is 14.7. The van der Waals surface area contributed by atoms with Crippen LogP contribution in [-0.4, -0.2) is 0 Å². The normalized spacial score (nSPS) is 12.1. The molecule has 46 heavy (non-hydrogen) atoms. The van der Waals surface area contributed by atoms with Crippen molar-refractivity contribution in [3.05, 3.63) is 145 Å². The molecule has 216 valence electrons. The summed E-state index contributed by atoms with van der Waals surface area (Å²) in [6.45, 7) is 4.30. The molecule has 8 aromatic carbocycles. The first kappa shape index (κ1) is 26.2. The van der Waals surface area contributed by atoms with Gasteiger partial charge in [0.05, 0.1) is 9.40 Å². The van der Waals surface area contributed by atoms with Crippen LogP contribution in [0.5, 0.6) is 0 Å². The third-order valence-electron chi connectivity index (χ3n) is 9.79. The van der Waals surface area contributed by atoms with Gasteiger partial charge in [0.2, 0.25) is 0 Å². The molecule has 10 aromatic rings. The van der Waals surface area contributed by atoms with Gasteiger partial charge < -0.3 is 0 Å². The van der Waals surface area contributed by atoms with Crippen molar-refractivity contribution in [2.45, 2.75) is 13.8 Å². The van der Waals surface area contributed by atoms with Crippen LogP contribution in [0.4, 0.5) is 0 Å². The molecule has 0 aliphatic carbocycles. The first-order chi connectivity index (χ1) is 22.6. The molecule has 0 bridgehead atoms. The van der Waals surface area contributed by atoms with Crippen LogP contribution >= 0.6 is 22.7 Å². The second kappa shape index (κ2) is 9.74. The van der Waals surface area contributed by atoms with Crippen molar-refractivity contribution in [1.29, 1.82) is 0 Å². The molecule has 10 rings (SSSR count). The standard InChI is InChI=1S/C44H28S2/c1-25-11-15-27(16-12-25)29-19-21-33-31-7-3-5-9-35(31)39-41(37(33)23-29)45-44-40-36-10-6-4-8-32(36)34-22-20-30(28-17-13-26(2)14-18-28)24-38(34)42(40)46-43(39)44/h3-24H,1-2H3. The second-order valence-electron chi connectivity index (χ2n) is 12.6. The summed E-state index contributed by atoms with van der Waals surface area (Å²) in [4.78, 5) is 0. The molecule has 0 saturated heterocycles. The predicted octanol–water partition coefficient (Wildman–Crippen LogP) is 13.8. The maximum Gasteiger partial charge on any atom is 0.0549 e. The summed E-state index contributed by atoms with van der Waals surface area (Å²) in [6.07, 6.45) is 0. The zero-order valence-electron chi connectivity index (χ0n) is 25.5. The highest BCUT2D eigenvalue weighted by Crippen LogP contribution is 2.53. The molecule has 0 spiro atoms. The summed E-state index contributed by atoms with van der Waals surface area (Å²) in [6, 6.07) is 50.0. The Morgan fingerprint density at radius 1 is 0.304 bits per heavy atom. The lowest BCUT2D eigenvalue weighted by molar-refractivity contribution is 1.47. The smallest absolute Gasteiger partial charge is 0.0549 e. The fraction of sp³-hybridized carbons (Fsp3) is 0.0455.